The van der Waals surface area contributed by atoms with Gasteiger partial charge in [-0.05, 0) is 35.7 Å². The van der Waals surface area contributed by atoms with Crippen molar-refractivity contribution in [3.8, 4) is 0 Å². The minimum atomic E-state index is -0.995. The molecule has 0 radical (unpaired) electrons. The number of rotatable bonds is 7. The molecule has 2 rings (SSSR count). The number of carboxylic acid groups (broad SMARTS) is 1. The van der Waals surface area contributed by atoms with Gasteiger partial charge in [0, 0.05) is 6.42 Å². The monoisotopic (exact) mass is 333 g/mol. The van der Waals surface area contributed by atoms with Crippen LogP contribution in [-0.4, -0.2) is 17.0 Å². The van der Waals surface area contributed by atoms with E-state index in [0.717, 1.165) is 0 Å². The Bertz CT molecular complexity index is 716. The van der Waals surface area contributed by atoms with Crippen LogP contribution in [0.5, 0.6) is 0 Å². The summed E-state index contributed by atoms with van der Waals surface area (Å²) in [4.78, 5) is 22.9. The van der Waals surface area contributed by atoms with E-state index in [0.29, 0.717) is 5.56 Å². The van der Waals surface area contributed by atoms with Crippen LogP contribution in [0.15, 0.2) is 48.5 Å². The Morgan fingerprint density at radius 2 is 1.71 bits per heavy atom. The molecule has 2 N–H and O–H groups in total. The van der Waals surface area contributed by atoms with Gasteiger partial charge in [-0.2, -0.15) is 0 Å². The predicted molar refractivity (Wildman–Crippen MR) is 84.3 cm³/mol. The van der Waals surface area contributed by atoms with Crippen LogP contribution in [0.25, 0.3) is 0 Å². The van der Waals surface area contributed by atoms with Crippen molar-refractivity contribution >= 4 is 11.9 Å². The Balaban J connectivity index is 2.09. The molecule has 0 heterocycles. The van der Waals surface area contributed by atoms with Crippen LogP contribution in [0, 0.1) is 11.6 Å². The third kappa shape index (κ3) is 5.15. The Hall–Kier alpha value is -2.76. The van der Waals surface area contributed by atoms with Crippen LogP contribution in [-0.2, 0) is 16.0 Å². The predicted octanol–water partition coefficient (Wildman–Crippen LogP) is 3.23. The van der Waals surface area contributed by atoms with Crippen LogP contribution in [0.2, 0.25) is 0 Å². The first kappa shape index (κ1) is 17.6. The van der Waals surface area contributed by atoms with Crippen molar-refractivity contribution in [3.63, 3.8) is 0 Å². The second-order valence-electron chi connectivity index (χ2n) is 5.37. The molecule has 24 heavy (non-hydrogen) atoms. The second kappa shape index (κ2) is 8.19. The van der Waals surface area contributed by atoms with E-state index >= 15 is 0 Å². The molecule has 0 fully saturated rings. The standard InChI is InChI=1S/C18H17F2NO3/c19-14-7-5-12(6-8-14)16(9-10-18(23)24)21-17(22)11-13-3-1-2-4-15(13)20/h1-8,16H,9-11H2,(H,21,22)(H,23,24). The molecule has 0 aliphatic heterocycles. The number of amides is 1. The molecule has 0 saturated heterocycles. The lowest BCUT2D eigenvalue weighted by Gasteiger charge is -2.19. The Morgan fingerprint density at radius 3 is 2.33 bits per heavy atom. The molecular weight excluding hydrogens is 316 g/mol. The van der Waals surface area contributed by atoms with Gasteiger partial charge in [0.05, 0.1) is 12.5 Å². The fourth-order valence-corrected chi connectivity index (χ4v) is 2.35. The Morgan fingerprint density at radius 1 is 1.04 bits per heavy atom. The van der Waals surface area contributed by atoms with Gasteiger partial charge in [0.15, 0.2) is 0 Å². The molecule has 2 aromatic carbocycles. The fraction of sp³-hybridized carbons (Fsp3) is 0.222. The summed E-state index contributed by atoms with van der Waals surface area (Å²) < 4.78 is 26.6. The van der Waals surface area contributed by atoms with E-state index < -0.39 is 29.6 Å². The number of carboxylic acids is 1. The second-order valence-corrected chi connectivity index (χ2v) is 5.37. The van der Waals surface area contributed by atoms with Crippen molar-refractivity contribution in [2.45, 2.75) is 25.3 Å². The smallest absolute Gasteiger partial charge is 0.303 e. The number of carbonyl (C=O) groups excluding carboxylic acids is 1. The van der Waals surface area contributed by atoms with E-state index in [-0.39, 0.29) is 24.8 Å². The molecular formula is C18H17F2NO3. The van der Waals surface area contributed by atoms with E-state index in [9.17, 15) is 18.4 Å². The minimum absolute atomic E-state index is 0.151. The van der Waals surface area contributed by atoms with Gasteiger partial charge in [0.2, 0.25) is 5.91 Å². The molecule has 6 heteroatoms. The molecule has 1 unspecified atom stereocenters. The molecule has 0 aromatic heterocycles. The third-order valence-electron chi connectivity index (χ3n) is 3.56. The first-order valence-electron chi connectivity index (χ1n) is 7.45. The molecule has 2 aromatic rings. The van der Waals surface area contributed by atoms with Crippen molar-refractivity contribution in [1.82, 2.24) is 5.32 Å². The number of halogens is 2. The number of benzene rings is 2. The first-order chi connectivity index (χ1) is 11.5. The van der Waals surface area contributed by atoms with E-state index in [1.165, 1.54) is 42.5 Å². The molecule has 0 saturated carbocycles. The molecule has 0 bridgehead atoms. The quantitative estimate of drug-likeness (QED) is 0.817. The van der Waals surface area contributed by atoms with Crippen LogP contribution < -0.4 is 5.32 Å². The molecule has 1 atom stereocenters. The van der Waals surface area contributed by atoms with Gasteiger partial charge in [-0.3, -0.25) is 9.59 Å². The third-order valence-corrected chi connectivity index (χ3v) is 3.56. The summed E-state index contributed by atoms with van der Waals surface area (Å²) in [5.41, 5.74) is 0.852. The summed E-state index contributed by atoms with van der Waals surface area (Å²) in [6.45, 7) is 0. The summed E-state index contributed by atoms with van der Waals surface area (Å²) in [5, 5.41) is 11.5. The van der Waals surface area contributed by atoms with Gasteiger partial charge in [-0.25, -0.2) is 8.78 Å². The van der Waals surface area contributed by atoms with E-state index in [4.69, 9.17) is 5.11 Å². The van der Waals surface area contributed by atoms with Gasteiger partial charge in [-0.15, -0.1) is 0 Å². The normalized spacial score (nSPS) is 11.8. The highest BCUT2D eigenvalue weighted by atomic mass is 19.1. The van der Waals surface area contributed by atoms with Crippen molar-refractivity contribution in [3.05, 3.63) is 71.3 Å². The fourth-order valence-electron chi connectivity index (χ4n) is 2.35. The molecule has 0 aliphatic carbocycles. The maximum absolute atomic E-state index is 13.6. The zero-order valence-corrected chi connectivity index (χ0v) is 12.8. The number of hydrogen-bond donors (Lipinski definition) is 2. The summed E-state index contributed by atoms with van der Waals surface area (Å²) in [6, 6.07) is 10.8. The highest BCUT2D eigenvalue weighted by molar-refractivity contribution is 5.79. The van der Waals surface area contributed by atoms with Gasteiger partial charge in [0.25, 0.3) is 0 Å². The van der Waals surface area contributed by atoms with Gasteiger partial charge < -0.3 is 10.4 Å². The molecule has 126 valence electrons. The lowest BCUT2D eigenvalue weighted by molar-refractivity contribution is -0.137. The van der Waals surface area contributed by atoms with Crippen molar-refractivity contribution in [2.24, 2.45) is 0 Å². The zero-order chi connectivity index (χ0) is 17.5. The summed E-state index contributed by atoms with van der Waals surface area (Å²) in [5.74, 6) is -2.32. The van der Waals surface area contributed by atoms with Gasteiger partial charge >= 0.3 is 5.97 Å². The van der Waals surface area contributed by atoms with Crippen LogP contribution in [0.1, 0.15) is 30.0 Å². The van der Waals surface area contributed by atoms with Crippen molar-refractivity contribution in [2.75, 3.05) is 0 Å². The maximum Gasteiger partial charge on any atom is 0.303 e. The van der Waals surface area contributed by atoms with Crippen LogP contribution in [0.3, 0.4) is 0 Å². The lowest BCUT2D eigenvalue weighted by Crippen LogP contribution is -2.30. The zero-order valence-electron chi connectivity index (χ0n) is 12.8. The number of aliphatic carboxylic acids is 1. The van der Waals surface area contributed by atoms with E-state index in [1.54, 1.807) is 6.07 Å². The molecule has 4 nitrogen and oxygen atoms in total. The highest BCUT2D eigenvalue weighted by Crippen LogP contribution is 2.19. The lowest BCUT2D eigenvalue weighted by atomic mass is 10.0. The first-order valence-corrected chi connectivity index (χ1v) is 7.45. The van der Waals surface area contributed by atoms with Crippen LogP contribution in [0.4, 0.5) is 8.78 Å². The molecule has 0 spiro atoms. The molecule has 0 aliphatic rings. The van der Waals surface area contributed by atoms with Gasteiger partial charge in [0.1, 0.15) is 11.6 Å². The topological polar surface area (TPSA) is 66.4 Å². The number of nitrogens with one attached hydrogen (secondary N) is 1. The average molecular weight is 333 g/mol. The Labute approximate surface area is 138 Å². The average Bonchev–Trinajstić information content (AvgIpc) is 2.54. The summed E-state index contributed by atoms with van der Waals surface area (Å²) in [6.07, 6.45) is -0.149. The van der Waals surface area contributed by atoms with Crippen LogP contribution >= 0.6 is 0 Å². The van der Waals surface area contributed by atoms with Gasteiger partial charge in [-0.1, -0.05) is 30.3 Å². The van der Waals surface area contributed by atoms with Crippen molar-refractivity contribution in [1.29, 1.82) is 0 Å². The van der Waals surface area contributed by atoms with Crippen molar-refractivity contribution < 1.29 is 23.5 Å². The largest absolute Gasteiger partial charge is 0.481 e. The maximum atomic E-state index is 13.6. The molecule has 1 amide bonds. The van der Waals surface area contributed by atoms with E-state index in [1.807, 2.05) is 0 Å². The highest BCUT2D eigenvalue weighted by Gasteiger charge is 2.17. The minimum Gasteiger partial charge on any atom is -0.481 e. The number of carbonyl (C=O) groups is 2. The SMILES string of the molecule is O=C(O)CCC(NC(=O)Cc1ccccc1F)c1ccc(F)cc1. The Kier molecular flexibility index (Phi) is 6.01. The number of hydrogen-bond acceptors (Lipinski definition) is 2. The summed E-state index contributed by atoms with van der Waals surface area (Å²) in [7, 11) is 0. The van der Waals surface area contributed by atoms with E-state index in [2.05, 4.69) is 5.32 Å². The summed E-state index contributed by atoms with van der Waals surface area (Å²) >= 11 is 0.